The monoisotopic (exact) mass is 241 g/mol. The van der Waals surface area contributed by atoms with Crippen molar-refractivity contribution in [2.24, 2.45) is 4.99 Å². The van der Waals surface area contributed by atoms with Crippen LogP contribution in [0.1, 0.15) is 18.4 Å². The first-order valence-electron chi connectivity index (χ1n) is 4.73. The molecule has 1 aromatic rings. The highest BCUT2D eigenvalue weighted by molar-refractivity contribution is 6.29. The molecular weight excluding hydrogens is 230 g/mol. The van der Waals surface area contributed by atoms with E-state index < -0.39 is 0 Å². The lowest BCUT2D eigenvalue weighted by Crippen LogP contribution is -2.20. The van der Waals surface area contributed by atoms with E-state index in [1.807, 2.05) is 6.92 Å². The number of aliphatic imine (C=N–C) groups is 1. The lowest BCUT2D eigenvalue weighted by molar-refractivity contribution is -0.463. The Morgan fingerprint density at radius 1 is 1.69 bits per heavy atom. The summed E-state index contributed by atoms with van der Waals surface area (Å²) in [6.45, 7) is 1.61. The van der Waals surface area contributed by atoms with Crippen LogP contribution in [0.3, 0.4) is 0 Å². The smallest absolute Gasteiger partial charge is 0.241 e. The molecule has 1 atom stereocenters. The zero-order chi connectivity index (χ0) is 12.1. The molecule has 0 saturated carbocycles. The van der Waals surface area contributed by atoms with Crippen LogP contribution in [-0.4, -0.2) is 29.2 Å². The number of halogens is 1. The van der Waals surface area contributed by atoms with Gasteiger partial charge in [-0.3, -0.25) is 15.1 Å². The maximum Gasteiger partial charge on any atom is 0.241 e. The van der Waals surface area contributed by atoms with Gasteiger partial charge in [-0.2, -0.15) is 0 Å². The predicted molar refractivity (Wildman–Crippen MR) is 62.9 cm³/mol. The molecule has 1 aromatic heterocycles. The molecule has 86 valence electrons. The summed E-state index contributed by atoms with van der Waals surface area (Å²) < 4.78 is 0. The van der Waals surface area contributed by atoms with Crippen molar-refractivity contribution in [2.75, 3.05) is 13.6 Å². The first-order valence-corrected chi connectivity index (χ1v) is 5.11. The van der Waals surface area contributed by atoms with Crippen LogP contribution in [0, 0.1) is 10.1 Å². The van der Waals surface area contributed by atoms with Gasteiger partial charge in [0.25, 0.3) is 0 Å². The van der Waals surface area contributed by atoms with E-state index in [0.29, 0.717) is 10.9 Å². The number of nitro groups is 1. The predicted octanol–water partition coefficient (Wildman–Crippen LogP) is 2.19. The second kappa shape index (κ2) is 5.55. The fourth-order valence-electron chi connectivity index (χ4n) is 1.37. The van der Waals surface area contributed by atoms with Gasteiger partial charge in [0.05, 0.1) is 5.71 Å². The molecule has 0 aliphatic heterocycles. The van der Waals surface area contributed by atoms with Gasteiger partial charge in [-0.15, -0.1) is 0 Å². The Balaban J connectivity index is 2.87. The van der Waals surface area contributed by atoms with Crippen LogP contribution >= 0.6 is 11.6 Å². The number of nitrogens with zero attached hydrogens (tertiary/aromatic N) is 3. The second-order valence-electron chi connectivity index (χ2n) is 3.34. The van der Waals surface area contributed by atoms with E-state index in [4.69, 9.17) is 11.6 Å². The minimum Gasteiger partial charge on any atom is -0.290 e. The molecule has 0 N–H and O–H groups in total. The van der Waals surface area contributed by atoms with Gasteiger partial charge < -0.3 is 0 Å². The summed E-state index contributed by atoms with van der Waals surface area (Å²) in [5, 5.41) is 10.8. The summed E-state index contributed by atoms with van der Waals surface area (Å²) in [5.41, 5.74) is 1.39. The maximum absolute atomic E-state index is 10.4. The molecule has 0 radical (unpaired) electrons. The highest BCUT2D eigenvalue weighted by atomic mass is 35.5. The number of hydrogen-bond donors (Lipinski definition) is 0. The molecule has 0 saturated heterocycles. The Hall–Kier alpha value is -1.49. The summed E-state index contributed by atoms with van der Waals surface area (Å²) in [6.07, 6.45) is 1.61. The van der Waals surface area contributed by atoms with E-state index in [9.17, 15) is 10.1 Å². The molecule has 0 aliphatic carbocycles. The summed E-state index contributed by atoms with van der Waals surface area (Å²) in [4.78, 5) is 17.9. The lowest BCUT2D eigenvalue weighted by Gasteiger charge is -2.11. The SMILES string of the molecule is CN=C(C[N+](=O)[O-])C(C)c1ccc(Cl)nc1. The fourth-order valence-corrected chi connectivity index (χ4v) is 1.48. The quantitative estimate of drug-likeness (QED) is 0.351. The molecule has 0 aromatic carbocycles. The van der Waals surface area contributed by atoms with E-state index in [0.717, 1.165) is 5.56 Å². The normalized spacial score (nSPS) is 13.6. The fraction of sp³-hybridized carbons (Fsp3) is 0.400. The van der Waals surface area contributed by atoms with Crippen molar-refractivity contribution in [2.45, 2.75) is 12.8 Å². The highest BCUT2D eigenvalue weighted by Gasteiger charge is 2.17. The average Bonchev–Trinajstić information content (AvgIpc) is 2.25. The van der Waals surface area contributed by atoms with Crippen molar-refractivity contribution < 1.29 is 4.92 Å². The summed E-state index contributed by atoms with van der Waals surface area (Å²) >= 11 is 5.66. The molecule has 1 heterocycles. The summed E-state index contributed by atoms with van der Waals surface area (Å²) in [6, 6.07) is 3.46. The van der Waals surface area contributed by atoms with E-state index in [1.165, 1.54) is 0 Å². The van der Waals surface area contributed by atoms with E-state index in [2.05, 4.69) is 9.98 Å². The van der Waals surface area contributed by atoms with Gasteiger partial charge in [-0.05, 0) is 11.6 Å². The van der Waals surface area contributed by atoms with Crippen LogP contribution in [-0.2, 0) is 0 Å². The Morgan fingerprint density at radius 3 is 2.81 bits per heavy atom. The first kappa shape index (κ1) is 12.6. The standard InChI is InChI=1S/C10H12ClN3O2/c1-7(9(12-2)6-14(15)16)8-3-4-10(11)13-5-8/h3-5,7H,6H2,1-2H3. The molecule has 0 aliphatic rings. The Labute approximate surface area is 98.3 Å². The highest BCUT2D eigenvalue weighted by Crippen LogP contribution is 2.17. The van der Waals surface area contributed by atoms with Crippen molar-refractivity contribution in [3.05, 3.63) is 39.2 Å². The second-order valence-corrected chi connectivity index (χ2v) is 3.73. The molecule has 0 fully saturated rings. The lowest BCUT2D eigenvalue weighted by atomic mass is 9.97. The summed E-state index contributed by atoms with van der Waals surface area (Å²) in [7, 11) is 1.55. The van der Waals surface area contributed by atoms with Crippen LogP contribution < -0.4 is 0 Å². The third kappa shape index (κ3) is 3.27. The third-order valence-electron chi connectivity index (χ3n) is 2.33. The van der Waals surface area contributed by atoms with E-state index in [-0.39, 0.29) is 17.4 Å². The van der Waals surface area contributed by atoms with E-state index >= 15 is 0 Å². The van der Waals surface area contributed by atoms with Gasteiger partial charge in [0, 0.05) is 24.1 Å². The topological polar surface area (TPSA) is 68.4 Å². The van der Waals surface area contributed by atoms with Gasteiger partial charge in [-0.1, -0.05) is 24.6 Å². The molecule has 1 rings (SSSR count). The van der Waals surface area contributed by atoms with Crippen LogP contribution in [0.4, 0.5) is 0 Å². The molecule has 16 heavy (non-hydrogen) atoms. The van der Waals surface area contributed by atoms with Crippen LogP contribution in [0.5, 0.6) is 0 Å². The van der Waals surface area contributed by atoms with E-state index in [1.54, 1.807) is 25.4 Å². The van der Waals surface area contributed by atoms with Crippen molar-refractivity contribution in [1.29, 1.82) is 0 Å². The Kier molecular flexibility index (Phi) is 4.37. The number of pyridine rings is 1. The Bertz CT molecular complexity index is 403. The minimum atomic E-state index is -0.387. The minimum absolute atomic E-state index is 0.125. The molecule has 0 amide bonds. The zero-order valence-corrected chi connectivity index (χ0v) is 9.81. The first-order chi connectivity index (χ1) is 7.54. The molecule has 0 bridgehead atoms. The van der Waals surface area contributed by atoms with Gasteiger partial charge in [0.2, 0.25) is 6.54 Å². The average molecular weight is 242 g/mol. The molecular formula is C10H12ClN3O2. The molecule has 1 unspecified atom stereocenters. The van der Waals surface area contributed by atoms with Crippen LogP contribution in [0.2, 0.25) is 5.15 Å². The third-order valence-corrected chi connectivity index (χ3v) is 2.55. The van der Waals surface area contributed by atoms with Crippen molar-refractivity contribution in [3.63, 3.8) is 0 Å². The number of rotatable bonds is 4. The Morgan fingerprint density at radius 2 is 2.38 bits per heavy atom. The van der Waals surface area contributed by atoms with Crippen molar-refractivity contribution >= 4 is 17.3 Å². The largest absolute Gasteiger partial charge is 0.290 e. The van der Waals surface area contributed by atoms with Crippen LogP contribution in [0.25, 0.3) is 0 Å². The molecule has 0 spiro atoms. The van der Waals surface area contributed by atoms with Crippen molar-refractivity contribution in [3.8, 4) is 0 Å². The zero-order valence-electron chi connectivity index (χ0n) is 9.05. The summed E-state index contributed by atoms with van der Waals surface area (Å²) in [5.74, 6) is -0.125. The van der Waals surface area contributed by atoms with Gasteiger partial charge in [0.1, 0.15) is 5.15 Å². The molecule has 5 nitrogen and oxygen atoms in total. The maximum atomic E-state index is 10.4. The van der Waals surface area contributed by atoms with Gasteiger partial charge >= 0.3 is 0 Å². The van der Waals surface area contributed by atoms with Gasteiger partial charge in [0.15, 0.2) is 0 Å². The molecule has 6 heteroatoms. The van der Waals surface area contributed by atoms with Crippen molar-refractivity contribution in [1.82, 2.24) is 4.98 Å². The number of aromatic nitrogens is 1. The number of hydrogen-bond acceptors (Lipinski definition) is 4. The van der Waals surface area contributed by atoms with Crippen LogP contribution in [0.15, 0.2) is 23.3 Å². The van der Waals surface area contributed by atoms with Gasteiger partial charge in [-0.25, -0.2) is 4.98 Å².